The summed E-state index contributed by atoms with van der Waals surface area (Å²) in [5.41, 5.74) is 7.25. The first kappa shape index (κ1) is 17.2. The van der Waals surface area contributed by atoms with E-state index in [0.29, 0.717) is 0 Å². The Labute approximate surface area is 141 Å². The van der Waals surface area contributed by atoms with Crippen molar-refractivity contribution in [1.29, 1.82) is 5.41 Å². The zero-order valence-corrected chi connectivity index (χ0v) is 15.0. The van der Waals surface area contributed by atoms with Crippen LogP contribution in [0.25, 0.3) is 0 Å². The standard InChI is InChI=1S/C16H24N4S2/c1-4-5-8-19-15-14(18)22-12-6-7-16(2,9-11(12)20-15)10-13(17)21-3/h6-8,17,20H,4-5,9-10,18H2,1-3H3. The molecule has 1 atom stereocenters. The van der Waals surface area contributed by atoms with Crippen molar-refractivity contribution in [2.45, 2.75) is 39.5 Å². The van der Waals surface area contributed by atoms with Crippen LogP contribution in [-0.4, -0.2) is 17.5 Å². The third-order valence-corrected chi connectivity index (χ3v) is 5.34. The Morgan fingerprint density at radius 1 is 1.64 bits per heavy atom. The Morgan fingerprint density at radius 3 is 3.09 bits per heavy atom. The lowest BCUT2D eigenvalue weighted by Crippen LogP contribution is -2.29. The fourth-order valence-electron chi connectivity index (χ4n) is 2.44. The fourth-order valence-corrected chi connectivity index (χ4v) is 3.74. The predicted octanol–water partition coefficient (Wildman–Crippen LogP) is 4.19. The van der Waals surface area contributed by atoms with Crippen LogP contribution < -0.4 is 11.1 Å². The maximum Gasteiger partial charge on any atom is 0.160 e. The molecule has 6 heteroatoms. The SMILES string of the molecule is CCCC=NC1=C(N)SC2=C(CC(C)(CC(=N)SC)C=C2)N1. The summed E-state index contributed by atoms with van der Waals surface area (Å²) in [5, 5.41) is 12.8. The number of hydrogen-bond acceptors (Lipinski definition) is 6. The second-order valence-corrected chi connectivity index (χ2v) is 7.84. The minimum absolute atomic E-state index is 0.0170. The Kier molecular flexibility index (Phi) is 5.81. The molecule has 0 aromatic rings. The molecule has 1 heterocycles. The molecule has 0 aromatic heterocycles. The molecule has 22 heavy (non-hydrogen) atoms. The number of allylic oxidation sites excluding steroid dienone is 3. The normalized spacial score (nSPS) is 24.7. The number of thioether (sulfide) groups is 2. The third kappa shape index (κ3) is 4.20. The first-order valence-corrected chi connectivity index (χ1v) is 9.52. The van der Waals surface area contributed by atoms with Crippen LogP contribution in [0.1, 0.15) is 39.5 Å². The summed E-state index contributed by atoms with van der Waals surface area (Å²) in [5.74, 6) is 0.759. The van der Waals surface area contributed by atoms with Crippen molar-refractivity contribution < 1.29 is 0 Å². The number of unbranched alkanes of at least 4 members (excludes halogenated alkanes) is 1. The highest BCUT2D eigenvalue weighted by atomic mass is 32.2. The highest BCUT2D eigenvalue weighted by Crippen LogP contribution is 2.43. The zero-order chi connectivity index (χ0) is 16.2. The number of rotatable bonds is 5. The van der Waals surface area contributed by atoms with Gasteiger partial charge in [-0.3, -0.25) is 5.41 Å². The molecule has 0 fully saturated rings. The molecule has 1 unspecified atom stereocenters. The maximum atomic E-state index is 7.95. The molecule has 1 aliphatic heterocycles. The molecule has 0 saturated carbocycles. The molecule has 1 aliphatic carbocycles. The molecular formula is C16H24N4S2. The Morgan fingerprint density at radius 2 is 2.41 bits per heavy atom. The van der Waals surface area contributed by atoms with Gasteiger partial charge < -0.3 is 11.1 Å². The molecule has 4 N–H and O–H groups in total. The number of nitrogens with two attached hydrogens (primary N) is 1. The van der Waals surface area contributed by atoms with Crippen molar-refractivity contribution in [3.05, 3.63) is 33.6 Å². The van der Waals surface area contributed by atoms with Crippen molar-refractivity contribution in [2.24, 2.45) is 16.1 Å². The molecule has 0 saturated heterocycles. The smallest absolute Gasteiger partial charge is 0.160 e. The lowest BCUT2D eigenvalue weighted by atomic mass is 9.79. The number of aliphatic imine (C=N–C) groups is 1. The summed E-state index contributed by atoms with van der Waals surface area (Å²) < 4.78 is 0. The molecule has 0 amide bonds. The Hall–Kier alpha value is -1.14. The van der Waals surface area contributed by atoms with E-state index in [-0.39, 0.29) is 5.41 Å². The Balaban J connectivity index is 2.10. The van der Waals surface area contributed by atoms with Crippen LogP contribution in [0.3, 0.4) is 0 Å². The van der Waals surface area contributed by atoms with Crippen molar-refractivity contribution in [3.63, 3.8) is 0 Å². The summed E-state index contributed by atoms with van der Waals surface area (Å²) in [6, 6.07) is 0. The molecule has 0 bridgehead atoms. The van der Waals surface area contributed by atoms with Gasteiger partial charge in [0.1, 0.15) is 5.03 Å². The highest BCUT2D eigenvalue weighted by Gasteiger charge is 2.31. The van der Waals surface area contributed by atoms with Crippen LogP contribution in [0.5, 0.6) is 0 Å². The maximum absolute atomic E-state index is 7.95. The van der Waals surface area contributed by atoms with Crippen LogP contribution in [0.15, 0.2) is 38.6 Å². The molecule has 0 aromatic carbocycles. The fraction of sp³-hybridized carbons (Fsp3) is 0.500. The average Bonchev–Trinajstić information content (AvgIpc) is 2.48. The van der Waals surface area contributed by atoms with Crippen LogP contribution in [0.2, 0.25) is 0 Å². The quantitative estimate of drug-likeness (QED) is 0.520. The van der Waals surface area contributed by atoms with Gasteiger partial charge in [-0.25, -0.2) is 4.99 Å². The first-order valence-electron chi connectivity index (χ1n) is 7.48. The summed E-state index contributed by atoms with van der Waals surface area (Å²) >= 11 is 3.09. The van der Waals surface area contributed by atoms with E-state index in [1.165, 1.54) is 22.4 Å². The first-order chi connectivity index (χ1) is 10.5. The van der Waals surface area contributed by atoms with E-state index >= 15 is 0 Å². The van der Waals surface area contributed by atoms with Crippen LogP contribution in [-0.2, 0) is 0 Å². The van der Waals surface area contributed by atoms with E-state index in [0.717, 1.165) is 41.6 Å². The van der Waals surface area contributed by atoms with E-state index in [2.05, 4.69) is 36.3 Å². The number of hydrogen-bond donors (Lipinski definition) is 3. The van der Waals surface area contributed by atoms with Crippen molar-refractivity contribution in [3.8, 4) is 0 Å². The average molecular weight is 337 g/mol. The predicted molar refractivity (Wildman–Crippen MR) is 100 cm³/mol. The van der Waals surface area contributed by atoms with Gasteiger partial charge in [-0.15, -0.1) is 11.8 Å². The van der Waals surface area contributed by atoms with Gasteiger partial charge in [-0.1, -0.05) is 38.1 Å². The van der Waals surface area contributed by atoms with Gasteiger partial charge in [0, 0.05) is 23.2 Å². The number of nitrogens with zero attached hydrogens (tertiary/aromatic N) is 1. The molecule has 2 aliphatic rings. The van der Waals surface area contributed by atoms with Gasteiger partial charge in [-0.05, 0) is 30.6 Å². The van der Waals surface area contributed by atoms with Gasteiger partial charge in [0.15, 0.2) is 5.82 Å². The lowest BCUT2D eigenvalue weighted by Gasteiger charge is -2.34. The van der Waals surface area contributed by atoms with Gasteiger partial charge in [0.2, 0.25) is 0 Å². The number of nitrogens with one attached hydrogen (secondary N) is 2. The molecule has 120 valence electrons. The van der Waals surface area contributed by atoms with Gasteiger partial charge in [0.05, 0.1) is 5.04 Å². The summed E-state index contributed by atoms with van der Waals surface area (Å²) in [6.45, 7) is 4.33. The monoisotopic (exact) mass is 336 g/mol. The lowest BCUT2D eigenvalue weighted by molar-refractivity contribution is 0.427. The summed E-state index contributed by atoms with van der Waals surface area (Å²) in [4.78, 5) is 5.63. The van der Waals surface area contributed by atoms with Crippen LogP contribution in [0, 0.1) is 10.8 Å². The van der Waals surface area contributed by atoms with Crippen molar-refractivity contribution >= 4 is 34.8 Å². The minimum Gasteiger partial charge on any atom is -0.390 e. The molecule has 0 radical (unpaired) electrons. The second-order valence-electron chi connectivity index (χ2n) is 5.85. The van der Waals surface area contributed by atoms with E-state index in [1.807, 2.05) is 12.5 Å². The Bertz CT molecular complexity index is 575. The van der Waals surface area contributed by atoms with Crippen LogP contribution >= 0.6 is 23.5 Å². The second kappa shape index (κ2) is 7.42. The zero-order valence-electron chi connectivity index (χ0n) is 13.4. The molecule has 0 spiro atoms. The van der Waals surface area contributed by atoms with Gasteiger partial charge in [-0.2, -0.15) is 0 Å². The van der Waals surface area contributed by atoms with Gasteiger partial charge in [0.25, 0.3) is 0 Å². The molecule has 4 nitrogen and oxygen atoms in total. The van der Waals surface area contributed by atoms with E-state index in [4.69, 9.17) is 11.1 Å². The van der Waals surface area contributed by atoms with E-state index in [9.17, 15) is 0 Å². The summed E-state index contributed by atoms with van der Waals surface area (Å²) in [6.07, 6.45) is 11.9. The highest BCUT2D eigenvalue weighted by molar-refractivity contribution is 8.13. The molecule has 2 rings (SSSR count). The molecular weight excluding hydrogens is 312 g/mol. The summed E-state index contributed by atoms with van der Waals surface area (Å²) in [7, 11) is 0. The van der Waals surface area contributed by atoms with E-state index < -0.39 is 0 Å². The topological polar surface area (TPSA) is 74.3 Å². The van der Waals surface area contributed by atoms with Crippen molar-refractivity contribution in [1.82, 2.24) is 5.32 Å². The largest absolute Gasteiger partial charge is 0.390 e. The third-order valence-electron chi connectivity index (χ3n) is 3.69. The minimum atomic E-state index is -0.0170. The van der Waals surface area contributed by atoms with E-state index in [1.54, 1.807) is 11.8 Å². The van der Waals surface area contributed by atoms with Gasteiger partial charge >= 0.3 is 0 Å². The van der Waals surface area contributed by atoms with Crippen LogP contribution in [0.4, 0.5) is 0 Å². The van der Waals surface area contributed by atoms with Crippen molar-refractivity contribution in [2.75, 3.05) is 6.26 Å².